The molecule has 0 atom stereocenters. The van der Waals surface area contributed by atoms with Crippen LogP contribution < -0.4 is 15.4 Å². The van der Waals surface area contributed by atoms with Gasteiger partial charge in [-0.3, -0.25) is 4.79 Å². The Balaban J connectivity index is 0.000000187. The summed E-state index contributed by atoms with van der Waals surface area (Å²) >= 11 is 3.42. The molecular formula is C6H15N3OS. The van der Waals surface area contributed by atoms with Crippen LogP contribution in [0.15, 0.2) is 0 Å². The van der Waals surface area contributed by atoms with Gasteiger partial charge in [0.1, 0.15) is 0 Å². The molecule has 1 aliphatic rings. The first-order valence-electron chi connectivity index (χ1n) is 3.59. The summed E-state index contributed by atoms with van der Waals surface area (Å²) < 4.78 is 2.08. The molecule has 1 saturated heterocycles. The number of piperazine rings is 1. The number of thiol groups is 1. The lowest BCUT2D eigenvalue weighted by molar-refractivity contribution is -0.117. The molecule has 0 radical (unpaired) electrons. The predicted octanol–water partition coefficient (Wildman–Crippen LogP) is -0.853. The van der Waals surface area contributed by atoms with Gasteiger partial charge >= 0.3 is 0 Å². The maximum absolute atomic E-state index is 9.62. The molecule has 1 fully saturated rings. The first-order chi connectivity index (χ1) is 5.27. The zero-order valence-electron chi connectivity index (χ0n) is 6.68. The molecule has 0 aromatic carbocycles. The monoisotopic (exact) mass is 177 g/mol. The molecule has 4 nitrogen and oxygen atoms in total. The number of amides is 1. The average Bonchev–Trinajstić information content (AvgIpc) is 2.09. The lowest BCUT2D eigenvalue weighted by atomic mass is 10.4. The third-order valence-corrected chi connectivity index (χ3v) is 1.43. The lowest BCUT2D eigenvalue weighted by Crippen LogP contribution is -2.39. The van der Waals surface area contributed by atoms with E-state index in [0.29, 0.717) is 0 Å². The predicted molar refractivity (Wildman–Crippen MR) is 48.5 cm³/mol. The Morgan fingerprint density at radius 1 is 1.27 bits per heavy atom. The molecule has 0 spiro atoms. The van der Waals surface area contributed by atoms with Crippen LogP contribution in [0.4, 0.5) is 0 Å². The molecule has 5 heteroatoms. The van der Waals surface area contributed by atoms with Gasteiger partial charge in [0.15, 0.2) is 0 Å². The van der Waals surface area contributed by atoms with Crippen molar-refractivity contribution in [2.24, 2.45) is 0 Å². The van der Waals surface area contributed by atoms with E-state index in [-0.39, 0.29) is 5.91 Å². The topological polar surface area (TPSA) is 53.2 Å². The van der Waals surface area contributed by atoms with Crippen LogP contribution in [-0.4, -0.2) is 32.1 Å². The number of carbonyl (C=O) groups is 1. The van der Waals surface area contributed by atoms with E-state index in [0.717, 1.165) is 26.2 Å². The fourth-order valence-electron chi connectivity index (χ4n) is 0.604. The van der Waals surface area contributed by atoms with E-state index in [4.69, 9.17) is 0 Å². The van der Waals surface area contributed by atoms with Gasteiger partial charge in [0, 0.05) is 33.1 Å². The molecule has 0 saturated carbocycles. The molecule has 3 N–H and O–H groups in total. The van der Waals surface area contributed by atoms with E-state index in [9.17, 15) is 4.79 Å². The van der Waals surface area contributed by atoms with Crippen LogP contribution in [0.25, 0.3) is 0 Å². The van der Waals surface area contributed by atoms with Crippen molar-refractivity contribution in [1.82, 2.24) is 15.4 Å². The van der Waals surface area contributed by atoms with Gasteiger partial charge in [-0.25, -0.2) is 0 Å². The summed E-state index contributed by atoms with van der Waals surface area (Å²) in [4.78, 5) is 9.62. The third-order valence-electron chi connectivity index (χ3n) is 1.11. The van der Waals surface area contributed by atoms with Crippen molar-refractivity contribution >= 4 is 18.7 Å². The van der Waals surface area contributed by atoms with Gasteiger partial charge in [-0.15, -0.1) is 0 Å². The fraction of sp³-hybridized carbons (Fsp3) is 0.833. The molecule has 66 valence electrons. The first kappa shape index (κ1) is 10.7. The van der Waals surface area contributed by atoms with Gasteiger partial charge in [-0.05, 0) is 0 Å². The van der Waals surface area contributed by atoms with Gasteiger partial charge < -0.3 is 15.4 Å². The second-order valence-corrected chi connectivity index (χ2v) is 2.39. The summed E-state index contributed by atoms with van der Waals surface area (Å²) in [7, 11) is 0. The van der Waals surface area contributed by atoms with Gasteiger partial charge in [-0.1, -0.05) is 12.8 Å². The summed E-state index contributed by atoms with van der Waals surface area (Å²) in [6.07, 6.45) is 0. The summed E-state index contributed by atoms with van der Waals surface area (Å²) in [5.41, 5.74) is 0. The smallest absolute Gasteiger partial charge is 0.226 e. The quantitative estimate of drug-likeness (QED) is 0.364. The zero-order valence-corrected chi connectivity index (χ0v) is 7.58. The van der Waals surface area contributed by atoms with Gasteiger partial charge in [0.25, 0.3) is 0 Å². The van der Waals surface area contributed by atoms with Crippen LogP contribution in [0.1, 0.15) is 6.92 Å². The van der Waals surface area contributed by atoms with E-state index >= 15 is 0 Å². The van der Waals surface area contributed by atoms with Crippen molar-refractivity contribution < 1.29 is 4.79 Å². The molecule has 1 amide bonds. The number of hydrogen-bond donors (Lipinski definition) is 4. The zero-order chi connectivity index (χ0) is 8.53. The summed E-state index contributed by atoms with van der Waals surface area (Å²) in [5.74, 6) is -0.131. The van der Waals surface area contributed by atoms with E-state index in [1.807, 2.05) is 0 Å². The molecule has 0 aromatic rings. The Kier molecular flexibility index (Phi) is 7.66. The molecule has 0 aliphatic carbocycles. The van der Waals surface area contributed by atoms with Crippen molar-refractivity contribution in [1.29, 1.82) is 0 Å². The normalized spacial score (nSPS) is 16.2. The highest BCUT2D eigenvalue weighted by Gasteiger charge is 1.91. The minimum absolute atomic E-state index is 0.131. The minimum atomic E-state index is -0.131. The van der Waals surface area contributed by atoms with Gasteiger partial charge in [0.05, 0.1) is 0 Å². The highest BCUT2D eigenvalue weighted by molar-refractivity contribution is 7.78. The summed E-state index contributed by atoms with van der Waals surface area (Å²) in [5, 5.41) is 6.44. The second-order valence-electron chi connectivity index (χ2n) is 2.17. The van der Waals surface area contributed by atoms with Crippen molar-refractivity contribution in [3.63, 3.8) is 0 Å². The Labute approximate surface area is 72.7 Å². The highest BCUT2D eigenvalue weighted by atomic mass is 32.1. The molecule has 1 rings (SSSR count). The highest BCUT2D eigenvalue weighted by Crippen LogP contribution is 1.65. The molecule has 0 aromatic heterocycles. The molecule has 0 bridgehead atoms. The van der Waals surface area contributed by atoms with Crippen molar-refractivity contribution in [3.05, 3.63) is 0 Å². The number of rotatable bonds is 0. The largest absolute Gasteiger partial charge is 0.314 e. The van der Waals surface area contributed by atoms with Crippen molar-refractivity contribution in [2.45, 2.75) is 6.92 Å². The molecular weight excluding hydrogens is 162 g/mol. The summed E-state index contributed by atoms with van der Waals surface area (Å²) in [6, 6.07) is 0. The van der Waals surface area contributed by atoms with Crippen LogP contribution in [0.3, 0.4) is 0 Å². The number of nitrogens with one attached hydrogen (secondary N) is 3. The van der Waals surface area contributed by atoms with Crippen LogP contribution in [0.5, 0.6) is 0 Å². The first-order valence-corrected chi connectivity index (χ1v) is 4.04. The molecule has 1 aliphatic heterocycles. The molecule has 11 heavy (non-hydrogen) atoms. The maximum Gasteiger partial charge on any atom is 0.226 e. The Morgan fingerprint density at radius 3 is 1.64 bits per heavy atom. The van der Waals surface area contributed by atoms with Crippen LogP contribution >= 0.6 is 12.8 Å². The van der Waals surface area contributed by atoms with E-state index < -0.39 is 0 Å². The maximum atomic E-state index is 9.62. The number of hydrogen-bond acceptors (Lipinski definition) is 4. The van der Waals surface area contributed by atoms with E-state index in [2.05, 4.69) is 28.2 Å². The summed E-state index contributed by atoms with van der Waals surface area (Å²) in [6.45, 7) is 5.95. The lowest BCUT2D eigenvalue weighted by Gasteiger charge is -2.11. The third kappa shape index (κ3) is 9.74. The van der Waals surface area contributed by atoms with Crippen molar-refractivity contribution in [2.75, 3.05) is 26.2 Å². The fourth-order valence-corrected chi connectivity index (χ4v) is 0.604. The molecule has 1 heterocycles. The van der Waals surface area contributed by atoms with E-state index in [1.165, 1.54) is 6.92 Å². The minimum Gasteiger partial charge on any atom is -0.314 e. The average molecular weight is 177 g/mol. The Morgan fingerprint density at radius 2 is 1.55 bits per heavy atom. The van der Waals surface area contributed by atoms with E-state index in [1.54, 1.807) is 0 Å². The van der Waals surface area contributed by atoms with Crippen LogP contribution in [0.2, 0.25) is 0 Å². The Bertz CT molecular complexity index is 94.5. The second kappa shape index (κ2) is 7.84. The van der Waals surface area contributed by atoms with Gasteiger partial charge in [-0.2, -0.15) is 0 Å². The van der Waals surface area contributed by atoms with Crippen LogP contribution in [0, 0.1) is 0 Å². The van der Waals surface area contributed by atoms with Crippen molar-refractivity contribution in [3.8, 4) is 0 Å². The molecule has 0 unspecified atom stereocenters. The Hall–Kier alpha value is -0.260. The standard InChI is InChI=1S/C4H10N2.C2H5NOS/c1-2-6-4-3-5-1;1-2(4)3-5/h5-6H,1-4H2;5H,1H3,(H,3,4). The van der Waals surface area contributed by atoms with Crippen LogP contribution in [-0.2, 0) is 4.79 Å². The number of carbonyl (C=O) groups excluding carboxylic acids is 1. The SMILES string of the molecule is C1CNCCN1.CC(=O)NS. The van der Waals surface area contributed by atoms with Gasteiger partial charge in [0.2, 0.25) is 5.91 Å².